The van der Waals surface area contributed by atoms with Crippen molar-refractivity contribution >= 4 is 27.3 Å². The number of aliphatic hydroxyl groups is 1. The minimum absolute atomic E-state index is 0.144. The maximum atomic E-state index is 13.8. The Morgan fingerprint density at radius 3 is 2.95 bits per heavy atom. The van der Waals surface area contributed by atoms with Crippen molar-refractivity contribution in [2.24, 2.45) is 5.92 Å². The van der Waals surface area contributed by atoms with E-state index in [4.69, 9.17) is 0 Å². The van der Waals surface area contributed by atoms with Crippen LogP contribution in [-0.2, 0) is 0 Å². The molecular weight excluding hydrogens is 289 g/mol. The zero-order valence-electron chi connectivity index (χ0n) is 11.9. The van der Waals surface area contributed by atoms with Crippen LogP contribution in [0.5, 0.6) is 0 Å². The Morgan fingerprint density at radius 2 is 2.29 bits per heavy atom. The van der Waals surface area contributed by atoms with Gasteiger partial charge in [0, 0.05) is 16.6 Å². The number of rotatable bonds is 3. The fraction of sp³-hybridized carbons (Fsp3) is 0.438. The molecule has 2 aromatic rings. The molecule has 2 unspecified atom stereocenters. The Morgan fingerprint density at radius 1 is 1.48 bits per heavy atom. The number of aliphatic hydroxyl groups excluding tert-OH is 1. The average molecular weight is 307 g/mol. The molecule has 0 bridgehead atoms. The van der Waals surface area contributed by atoms with Crippen molar-refractivity contribution in [3.05, 3.63) is 34.5 Å². The van der Waals surface area contributed by atoms with Crippen LogP contribution < -0.4 is 5.32 Å². The fourth-order valence-electron chi connectivity index (χ4n) is 3.02. The molecule has 0 aliphatic heterocycles. The van der Waals surface area contributed by atoms with E-state index in [2.05, 4.69) is 5.32 Å². The van der Waals surface area contributed by atoms with E-state index in [1.54, 1.807) is 13.0 Å². The van der Waals surface area contributed by atoms with Gasteiger partial charge in [0.1, 0.15) is 5.82 Å². The summed E-state index contributed by atoms with van der Waals surface area (Å²) in [4.78, 5) is 12.9. The summed E-state index contributed by atoms with van der Waals surface area (Å²) in [7, 11) is 0. The predicted molar refractivity (Wildman–Crippen MR) is 82.2 cm³/mol. The van der Waals surface area contributed by atoms with Crippen LogP contribution in [0.15, 0.2) is 18.2 Å². The molecular formula is C16H18FNO2S. The van der Waals surface area contributed by atoms with Gasteiger partial charge in [-0.3, -0.25) is 4.79 Å². The number of carbonyl (C=O) groups excluding carboxylic acids is 1. The standard InChI is InChI=1S/C16H18FNO2S/c1-9-14-12(17)3-2-4-13(14)21-15(9)16(20)18-8-10-5-6-11(19)7-10/h2-4,10-11,19H,5-8H2,1H3,(H,18,20). The molecule has 1 amide bonds. The lowest BCUT2D eigenvalue weighted by atomic mass is 10.1. The van der Waals surface area contributed by atoms with Crippen molar-refractivity contribution in [3.63, 3.8) is 0 Å². The maximum absolute atomic E-state index is 13.8. The summed E-state index contributed by atoms with van der Waals surface area (Å²) in [5, 5.41) is 13.0. The molecule has 5 heteroatoms. The van der Waals surface area contributed by atoms with E-state index < -0.39 is 0 Å². The van der Waals surface area contributed by atoms with Gasteiger partial charge in [-0.15, -0.1) is 11.3 Å². The van der Waals surface area contributed by atoms with Crippen LogP contribution in [0.1, 0.15) is 34.5 Å². The number of thiophene rings is 1. The van der Waals surface area contributed by atoms with Crippen LogP contribution in [0.4, 0.5) is 4.39 Å². The summed E-state index contributed by atoms with van der Waals surface area (Å²) in [5.41, 5.74) is 0.706. The second kappa shape index (κ2) is 5.73. The minimum Gasteiger partial charge on any atom is -0.393 e. The van der Waals surface area contributed by atoms with Crippen LogP contribution in [0.25, 0.3) is 10.1 Å². The van der Waals surface area contributed by atoms with E-state index in [1.165, 1.54) is 17.4 Å². The first-order valence-electron chi connectivity index (χ1n) is 7.20. The van der Waals surface area contributed by atoms with Crippen LogP contribution in [0, 0.1) is 18.7 Å². The topological polar surface area (TPSA) is 49.3 Å². The van der Waals surface area contributed by atoms with E-state index in [0.717, 1.165) is 24.0 Å². The number of nitrogens with one attached hydrogen (secondary N) is 1. The van der Waals surface area contributed by atoms with Gasteiger partial charge in [-0.2, -0.15) is 0 Å². The van der Waals surface area contributed by atoms with E-state index in [-0.39, 0.29) is 17.8 Å². The normalized spacial score (nSPS) is 21.9. The number of aryl methyl sites for hydroxylation is 1. The number of fused-ring (bicyclic) bond motifs is 1. The Labute approximate surface area is 126 Å². The Balaban J connectivity index is 1.76. The lowest BCUT2D eigenvalue weighted by Gasteiger charge is -2.10. The number of benzene rings is 1. The third-order valence-corrected chi connectivity index (χ3v) is 5.43. The van der Waals surface area contributed by atoms with E-state index in [1.807, 2.05) is 6.07 Å². The molecule has 0 radical (unpaired) electrons. The molecule has 1 saturated carbocycles. The lowest BCUT2D eigenvalue weighted by molar-refractivity contribution is 0.0948. The van der Waals surface area contributed by atoms with Crippen molar-refractivity contribution in [1.82, 2.24) is 5.32 Å². The Kier molecular flexibility index (Phi) is 3.95. The second-order valence-electron chi connectivity index (χ2n) is 5.71. The smallest absolute Gasteiger partial charge is 0.261 e. The molecule has 1 heterocycles. The summed E-state index contributed by atoms with van der Waals surface area (Å²) in [6.07, 6.45) is 2.28. The first-order chi connectivity index (χ1) is 10.1. The van der Waals surface area contributed by atoms with Crippen molar-refractivity contribution in [2.75, 3.05) is 6.54 Å². The monoisotopic (exact) mass is 307 g/mol. The van der Waals surface area contributed by atoms with Gasteiger partial charge in [-0.1, -0.05) is 6.07 Å². The number of amides is 1. The van der Waals surface area contributed by atoms with Gasteiger partial charge in [-0.05, 0) is 49.8 Å². The van der Waals surface area contributed by atoms with E-state index in [9.17, 15) is 14.3 Å². The van der Waals surface area contributed by atoms with Crippen LogP contribution in [0.2, 0.25) is 0 Å². The van der Waals surface area contributed by atoms with E-state index >= 15 is 0 Å². The van der Waals surface area contributed by atoms with Gasteiger partial charge in [0.15, 0.2) is 0 Å². The van der Waals surface area contributed by atoms with E-state index in [0.29, 0.717) is 28.3 Å². The molecule has 0 spiro atoms. The minimum atomic E-state index is -0.279. The molecule has 112 valence electrons. The zero-order chi connectivity index (χ0) is 15.0. The van der Waals surface area contributed by atoms with Gasteiger partial charge in [0.25, 0.3) is 5.91 Å². The highest BCUT2D eigenvalue weighted by Gasteiger charge is 2.24. The molecule has 0 saturated heterocycles. The molecule has 2 atom stereocenters. The predicted octanol–water partition coefficient (Wildman–Crippen LogP) is 3.24. The van der Waals surface area contributed by atoms with Crippen LogP contribution in [-0.4, -0.2) is 23.7 Å². The van der Waals surface area contributed by atoms with Gasteiger partial charge >= 0.3 is 0 Å². The number of carbonyl (C=O) groups is 1. The highest BCUT2D eigenvalue weighted by Crippen LogP contribution is 2.32. The number of halogens is 1. The summed E-state index contributed by atoms with van der Waals surface area (Å²) in [5.74, 6) is -0.0796. The third-order valence-electron chi connectivity index (χ3n) is 4.17. The van der Waals surface area contributed by atoms with Crippen molar-refractivity contribution in [1.29, 1.82) is 0 Å². The fourth-order valence-corrected chi connectivity index (χ4v) is 4.16. The molecule has 1 aromatic heterocycles. The summed E-state index contributed by atoms with van der Waals surface area (Å²) in [6.45, 7) is 2.36. The Hall–Kier alpha value is -1.46. The quantitative estimate of drug-likeness (QED) is 0.914. The SMILES string of the molecule is Cc1c(C(=O)NCC2CCC(O)C2)sc2cccc(F)c12. The largest absolute Gasteiger partial charge is 0.393 e. The number of hydrogen-bond donors (Lipinski definition) is 2. The molecule has 3 nitrogen and oxygen atoms in total. The highest BCUT2D eigenvalue weighted by atomic mass is 32.1. The molecule has 21 heavy (non-hydrogen) atoms. The Bertz CT molecular complexity index is 682. The summed E-state index contributed by atoms with van der Waals surface area (Å²) >= 11 is 1.33. The van der Waals surface area contributed by atoms with Gasteiger partial charge in [-0.25, -0.2) is 4.39 Å². The first kappa shape index (κ1) is 14.5. The summed E-state index contributed by atoms with van der Waals surface area (Å²) < 4.78 is 14.6. The average Bonchev–Trinajstić information content (AvgIpc) is 3.01. The van der Waals surface area contributed by atoms with Crippen molar-refractivity contribution < 1.29 is 14.3 Å². The molecule has 1 aromatic carbocycles. The summed E-state index contributed by atoms with van der Waals surface area (Å²) in [6, 6.07) is 4.92. The first-order valence-corrected chi connectivity index (χ1v) is 8.01. The van der Waals surface area contributed by atoms with Crippen LogP contribution >= 0.6 is 11.3 Å². The zero-order valence-corrected chi connectivity index (χ0v) is 12.7. The second-order valence-corrected chi connectivity index (χ2v) is 6.76. The van der Waals surface area contributed by atoms with Gasteiger partial charge in [0.05, 0.1) is 11.0 Å². The third kappa shape index (κ3) is 2.80. The molecule has 3 rings (SSSR count). The number of hydrogen-bond acceptors (Lipinski definition) is 3. The lowest BCUT2D eigenvalue weighted by Crippen LogP contribution is -2.28. The molecule has 1 fully saturated rings. The molecule has 2 N–H and O–H groups in total. The van der Waals surface area contributed by atoms with Crippen molar-refractivity contribution in [3.8, 4) is 0 Å². The van der Waals surface area contributed by atoms with Crippen LogP contribution in [0.3, 0.4) is 0 Å². The molecule has 1 aliphatic carbocycles. The highest BCUT2D eigenvalue weighted by molar-refractivity contribution is 7.21. The van der Waals surface area contributed by atoms with Gasteiger partial charge in [0.2, 0.25) is 0 Å². The van der Waals surface area contributed by atoms with Crippen molar-refractivity contribution in [2.45, 2.75) is 32.3 Å². The maximum Gasteiger partial charge on any atom is 0.261 e. The molecule has 1 aliphatic rings. The van der Waals surface area contributed by atoms with Gasteiger partial charge < -0.3 is 10.4 Å².